The summed E-state index contributed by atoms with van der Waals surface area (Å²) >= 11 is 0. The van der Waals surface area contributed by atoms with Crippen LogP contribution < -0.4 is 11.5 Å². The van der Waals surface area contributed by atoms with Crippen LogP contribution in [0.3, 0.4) is 0 Å². The van der Waals surface area contributed by atoms with Gasteiger partial charge < -0.3 is 11.5 Å². The number of hydrogen-bond donors (Lipinski definition) is 2. The molecule has 2 aliphatic carbocycles. The molecule has 2 heterocycles. The number of primary amides is 2. The average molecular weight is 553 g/mol. The topological polar surface area (TPSA) is 154 Å². The number of nitrogens with two attached hydrogens (primary N) is 2. The lowest BCUT2D eigenvalue weighted by Gasteiger charge is -2.34. The molecule has 3 amide bonds. The Morgan fingerprint density at radius 2 is 1.63 bits per heavy atom. The molecule has 3 aromatic rings. The molecule has 0 unspecified atom stereocenters. The minimum absolute atomic E-state index is 0.0431. The zero-order valence-corrected chi connectivity index (χ0v) is 22.9. The van der Waals surface area contributed by atoms with E-state index in [1.807, 2.05) is 29.2 Å². The monoisotopic (exact) mass is 552 g/mol. The minimum Gasteiger partial charge on any atom is -0.366 e. The second-order valence-corrected chi connectivity index (χ2v) is 11.4. The largest absolute Gasteiger partial charge is 0.366 e. The summed E-state index contributed by atoms with van der Waals surface area (Å²) in [7, 11) is 1.71. The van der Waals surface area contributed by atoms with Crippen LogP contribution in [-0.2, 0) is 30.1 Å². The number of aryl methyl sites for hydroxylation is 3. The SMILES string of the molecule is [C-]#[N+][C@@H]1C[C@@H]2C[C@@H]2N1C(=O)CCCCC1(c2nnn(C)n2)c2ccc(C(N)=O)cc2CCc2cc(C(N)=O)ccc21. The Kier molecular flexibility index (Phi) is 6.56. The molecular weight excluding hydrogens is 520 g/mol. The Hall–Kier alpha value is -4.59. The molecule has 1 aromatic heterocycles. The summed E-state index contributed by atoms with van der Waals surface area (Å²) in [6.07, 6.45) is 4.91. The summed E-state index contributed by atoms with van der Waals surface area (Å²) in [5.74, 6) is 0.0117. The first-order valence-corrected chi connectivity index (χ1v) is 14.0. The maximum Gasteiger partial charge on any atom is 0.301 e. The van der Waals surface area contributed by atoms with E-state index in [0.29, 0.717) is 61.4 Å². The van der Waals surface area contributed by atoms with E-state index in [1.165, 1.54) is 4.80 Å². The molecule has 4 N–H and O–H groups in total. The van der Waals surface area contributed by atoms with E-state index in [2.05, 4.69) is 20.3 Å². The minimum atomic E-state index is -0.848. The molecular formula is C30H32N8O3. The molecule has 3 atom stereocenters. The molecule has 0 spiro atoms. The number of tetrazole rings is 1. The number of amides is 3. The molecule has 210 valence electrons. The second kappa shape index (κ2) is 10.1. The van der Waals surface area contributed by atoms with E-state index in [9.17, 15) is 14.4 Å². The summed E-state index contributed by atoms with van der Waals surface area (Å²) in [5.41, 5.74) is 15.0. The summed E-state index contributed by atoms with van der Waals surface area (Å²) in [5, 5.41) is 13.3. The van der Waals surface area contributed by atoms with Crippen molar-refractivity contribution in [2.75, 3.05) is 0 Å². The number of nitrogens with zero attached hydrogens (tertiary/aromatic N) is 6. The molecule has 2 aromatic carbocycles. The molecule has 1 aliphatic heterocycles. The van der Waals surface area contributed by atoms with E-state index in [1.54, 1.807) is 19.2 Å². The third kappa shape index (κ3) is 4.53. The number of aromatic nitrogens is 4. The lowest BCUT2D eigenvalue weighted by molar-refractivity contribution is -0.132. The molecule has 11 heteroatoms. The quantitative estimate of drug-likeness (QED) is 0.323. The van der Waals surface area contributed by atoms with Crippen LogP contribution in [0.5, 0.6) is 0 Å². The van der Waals surface area contributed by atoms with Gasteiger partial charge in [0, 0.05) is 30.0 Å². The van der Waals surface area contributed by atoms with Crippen LogP contribution >= 0.6 is 0 Å². The van der Waals surface area contributed by atoms with Crippen molar-refractivity contribution in [3.8, 4) is 0 Å². The van der Waals surface area contributed by atoms with E-state index in [4.69, 9.17) is 18.0 Å². The lowest BCUT2D eigenvalue weighted by Crippen LogP contribution is -2.36. The highest BCUT2D eigenvalue weighted by Gasteiger charge is 2.57. The molecule has 2 fully saturated rings. The van der Waals surface area contributed by atoms with Gasteiger partial charge in [-0.15, -0.1) is 10.2 Å². The van der Waals surface area contributed by atoms with Crippen molar-refractivity contribution in [2.24, 2.45) is 24.4 Å². The first-order chi connectivity index (χ1) is 19.7. The van der Waals surface area contributed by atoms with Crippen molar-refractivity contribution < 1.29 is 14.4 Å². The molecule has 0 bridgehead atoms. The van der Waals surface area contributed by atoms with Crippen LogP contribution in [0.2, 0.25) is 0 Å². The molecule has 3 aliphatic rings. The summed E-state index contributed by atoms with van der Waals surface area (Å²) in [6, 6.07) is 11.2. The van der Waals surface area contributed by atoms with E-state index < -0.39 is 17.2 Å². The summed E-state index contributed by atoms with van der Waals surface area (Å²) < 4.78 is 0. The number of piperidine rings is 1. The predicted octanol–water partition coefficient (Wildman–Crippen LogP) is 2.27. The maximum absolute atomic E-state index is 13.2. The number of hydrogen-bond acceptors (Lipinski definition) is 6. The predicted molar refractivity (Wildman–Crippen MR) is 148 cm³/mol. The Bertz CT molecular complexity index is 1540. The zero-order chi connectivity index (χ0) is 28.9. The van der Waals surface area contributed by atoms with Gasteiger partial charge in [-0.3, -0.25) is 24.1 Å². The van der Waals surface area contributed by atoms with Crippen molar-refractivity contribution in [1.82, 2.24) is 25.1 Å². The number of carbonyl (C=O) groups is 3. The fourth-order valence-electron chi connectivity index (χ4n) is 6.92. The molecule has 1 saturated carbocycles. The van der Waals surface area contributed by atoms with Crippen molar-refractivity contribution >= 4 is 17.7 Å². The highest BCUT2D eigenvalue weighted by molar-refractivity contribution is 5.94. The van der Waals surface area contributed by atoms with Gasteiger partial charge >= 0.3 is 6.17 Å². The van der Waals surface area contributed by atoms with Crippen LogP contribution in [0.4, 0.5) is 0 Å². The number of likely N-dealkylation sites (tertiary alicyclic amines) is 1. The Labute approximate surface area is 237 Å². The van der Waals surface area contributed by atoms with Crippen molar-refractivity contribution in [3.63, 3.8) is 0 Å². The number of fused-ring (bicyclic) bond motifs is 3. The average Bonchev–Trinajstić information content (AvgIpc) is 3.45. The van der Waals surface area contributed by atoms with Crippen molar-refractivity contribution in [2.45, 2.75) is 69.0 Å². The van der Waals surface area contributed by atoms with Crippen LogP contribution in [-0.4, -0.2) is 55.0 Å². The Morgan fingerprint density at radius 3 is 2.17 bits per heavy atom. The normalized spacial score (nSPS) is 21.7. The number of rotatable bonds is 8. The molecule has 6 rings (SSSR count). The first-order valence-electron chi connectivity index (χ1n) is 14.0. The smallest absolute Gasteiger partial charge is 0.301 e. The highest BCUT2D eigenvalue weighted by Crippen LogP contribution is 2.49. The van der Waals surface area contributed by atoms with E-state index in [0.717, 1.165) is 35.1 Å². The highest BCUT2D eigenvalue weighted by atomic mass is 16.2. The van der Waals surface area contributed by atoms with E-state index in [-0.39, 0.29) is 18.1 Å². The Balaban J connectivity index is 1.39. The molecule has 41 heavy (non-hydrogen) atoms. The van der Waals surface area contributed by atoms with Gasteiger partial charge in [-0.25, -0.2) is 6.57 Å². The standard InChI is InChI=1S/C30H32N8O3/c1-33-25-16-21-15-24(21)38(25)26(39)5-3-4-12-30(29-34-36-37(2)35-29)22-10-8-19(27(31)40)13-17(22)6-7-18-14-20(28(32)41)9-11-23(18)30/h8-11,13-14,21,24-25H,3-7,12,15-16H2,2H3,(H2,31,40)(H2,32,41)/t21-,24-,25-/m0/s1. The Morgan fingerprint density at radius 1 is 1.00 bits per heavy atom. The van der Waals surface area contributed by atoms with Crippen molar-refractivity contribution in [1.29, 1.82) is 0 Å². The van der Waals surface area contributed by atoms with E-state index >= 15 is 0 Å². The van der Waals surface area contributed by atoms with Gasteiger partial charge in [0.1, 0.15) is 0 Å². The first kappa shape index (κ1) is 26.6. The van der Waals surface area contributed by atoms with Gasteiger partial charge in [0.05, 0.1) is 12.5 Å². The van der Waals surface area contributed by atoms with Crippen molar-refractivity contribution in [3.05, 3.63) is 87.0 Å². The molecule has 1 saturated heterocycles. The lowest BCUT2D eigenvalue weighted by atomic mass is 9.68. The third-order valence-corrected chi connectivity index (χ3v) is 8.96. The van der Waals surface area contributed by atoms with Gasteiger partial charge in [-0.05, 0) is 89.8 Å². The van der Waals surface area contributed by atoms with Gasteiger partial charge in [-0.2, -0.15) is 4.80 Å². The third-order valence-electron chi connectivity index (χ3n) is 8.96. The van der Waals surface area contributed by atoms with Crippen LogP contribution in [0.1, 0.15) is 87.3 Å². The second-order valence-electron chi connectivity index (χ2n) is 11.4. The maximum atomic E-state index is 13.2. The van der Waals surface area contributed by atoms with Gasteiger partial charge in [0.15, 0.2) is 5.82 Å². The van der Waals surface area contributed by atoms with Crippen LogP contribution in [0.25, 0.3) is 4.85 Å². The fraction of sp³-hybridized carbons (Fsp3) is 0.433. The molecule has 0 radical (unpaired) electrons. The summed E-state index contributed by atoms with van der Waals surface area (Å²) in [6.45, 7) is 7.50. The zero-order valence-electron chi connectivity index (χ0n) is 22.9. The number of carbonyl (C=O) groups excluding carboxylic acids is 3. The van der Waals surface area contributed by atoms with Crippen LogP contribution in [0, 0.1) is 12.5 Å². The fourth-order valence-corrected chi connectivity index (χ4v) is 6.92. The molecule has 11 nitrogen and oxygen atoms in total. The number of benzene rings is 2. The van der Waals surface area contributed by atoms with Gasteiger partial charge in [0.25, 0.3) is 0 Å². The van der Waals surface area contributed by atoms with Gasteiger partial charge in [0.2, 0.25) is 17.7 Å². The van der Waals surface area contributed by atoms with Crippen LogP contribution in [0.15, 0.2) is 36.4 Å². The number of unbranched alkanes of at least 4 members (excludes halogenated alkanes) is 1. The van der Waals surface area contributed by atoms with Gasteiger partial charge in [-0.1, -0.05) is 18.6 Å². The summed E-state index contributed by atoms with van der Waals surface area (Å²) in [4.78, 5) is 44.2.